The van der Waals surface area contributed by atoms with E-state index in [1.54, 1.807) is 24.3 Å². The number of carbonyl (C=O) groups is 1. The van der Waals surface area contributed by atoms with E-state index in [1.807, 2.05) is 0 Å². The molecule has 0 aliphatic carbocycles. The predicted octanol–water partition coefficient (Wildman–Crippen LogP) is 3.85. The summed E-state index contributed by atoms with van der Waals surface area (Å²) in [7, 11) is 0. The second-order valence-electron chi connectivity index (χ2n) is 5.48. The van der Waals surface area contributed by atoms with Gasteiger partial charge >= 0.3 is 0 Å². The molecule has 2 aromatic carbocycles. The second kappa shape index (κ2) is 8.05. The SMILES string of the molecule is O=C(NCc1cccnc1Oc1cccc(F)c1)c1ccccc1[N+](=O)[O-]. The first-order chi connectivity index (χ1) is 13.0. The molecule has 0 bridgehead atoms. The van der Waals surface area contributed by atoms with E-state index in [2.05, 4.69) is 10.3 Å². The van der Waals surface area contributed by atoms with Gasteiger partial charge in [-0.25, -0.2) is 9.37 Å². The Kier molecular flexibility index (Phi) is 5.36. The number of carbonyl (C=O) groups excluding carboxylic acids is 1. The van der Waals surface area contributed by atoms with Crippen molar-refractivity contribution >= 4 is 11.6 Å². The molecule has 8 heteroatoms. The van der Waals surface area contributed by atoms with Crippen LogP contribution in [0.5, 0.6) is 11.6 Å². The van der Waals surface area contributed by atoms with E-state index in [4.69, 9.17) is 4.74 Å². The number of rotatable bonds is 6. The van der Waals surface area contributed by atoms with Gasteiger partial charge in [0, 0.05) is 30.4 Å². The number of nitrogens with zero attached hydrogens (tertiary/aromatic N) is 2. The van der Waals surface area contributed by atoms with Crippen molar-refractivity contribution < 1.29 is 18.8 Å². The number of ether oxygens (including phenoxy) is 1. The Hall–Kier alpha value is -3.81. The Bertz CT molecular complexity index is 994. The molecule has 3 aromatic rings. The largest absolute Gasteiger partial charge is 0.439 e. The number of pyridine rings is 1. The van der Waals surface area contributed by atoms with Gasteiger partial charge in [-0.15, -0.1) is 0 Å². The van der Waals surface area contributed by atoms with Gasteiger partial charge in [0.25, 0.3) is 11.6 Å². The van der Waals surface area contributed by atoms with Crippen LogP contribution >= 0.6 is 0 Å². The maximum absolute atomic E-state index is 13.3. The number of nitro groups is 1. The third kappa shape index (κ3) is 4.43. The fraction of sp³-hybridized carbons (Fsp3) is 0.0526. The monoisotopic (exact) mass is 367 g/mol. The lowest BCUT2D eigenvalue weighted by Gasteiger charge is -2.11. The predicted molar refractivity (Wildman–Crippen MR) is 95.0 cm³/mol. The minimum atomic E-state index is -0.614. The highest BCUT2D eigenvalue weighted by Crippen LogP contribution is 2.24. The molecule has 0 fully saturated rings. The molecule has 0 saturated carbocycles. The smallest absolute Gasteiger partial charge is 0.282 e. The number of benzene rings is 2. The van der Waals surface area contributed by atoms with Gasteiger partial charge in [-0.3, -0.25) is 14.9 Å². The van der Waals surface area contributed by atoms with Crippen LogP contribution in [-0.4, -0.2) is 15.8 Å². The summed E-state index contributed by atoms with van der Waals surface area (Å²) in [5, 5.41) is 13.7. The number of nitrogens with one attached hydrogen (secondary N) is 1. The Morgan fingerprint density at radius 1 is 1.15 bits per heavy atom. The summed E-state index contributed by atoms with van der Waals surface area (Å²) in [5.74, 6) is -0.580. The molecule has 136 valence electrons. The molecule has 0 aliphatic heterocycles. The summed E-state index contributed by atoms with van der Waals surface area (Å²) in [6.45, 7) is 0.0311. The summed E-state index contributed by atoms with van der Waals surface area (Å²) in [6, 6.07) is 14.6. The van der Waals surface area contributed by atoms with E-state index in [-0.39, 0.29) is 29.4 Å². The van der Waals surface area contributed by atoms with E-state index >= 15 is 0 Å². The van der Waals surface area contributed by atoms with E-state index in [9.17, 15) is 19.3 Å². The molecule has 7 nitrogen and oxygen atoms in total. The number of para-hydroxylation sites is 1. The number of hydrogen-bond donors (Lipinski definition) is 1. The molecule has 0 spiro atoms. The molecule has 1 aromatic heterocycles. The van der Waals surface area contributed by atoms with E-state index in [1.165, 1.54) is 42.6 Å². The Labute approximate surface area is 153 Å². The number of nitro benzene ring substituents is 1. The lowest BCUT2D eigenvalue weighted by molar-refractivity contribution is -0.385. The number of aromatic nitrogens is 1. The van der Waals surface area contributed by atoms with Crippen LogP contribution in [0.15, 0.2) is 66.9 Å². The van der Waals surface area contributed by atoms with E-state index < -0.39 is 16.6 Å². The van der Waals surface area contributed by atoms with Crippen molar-refractivity contribution in [3.05, 3.63) is 93.9 Å². The van der Waals surface area contributed by atoms with Gasteiger partial charge in [-0.05, 0) is 24.3 Å². The molecule has 0 unspecified atom stereocenters. The molecule has 3 rings (SSSR count). The van der Waals surface area contributed by atoms with E-state index in [0.29, 0.717) is 5.56 Å². The van der Waals surface area contributed by atoms with Crippen molar-refractivity contribution in [2.75, 3.05) is 0 Å². The quantitative estimate of drug-likeness (QED) is 0.527. The summed E-state index contributed by atoms with van der Waals surface area (Å²) in [4.78, 5) is 26.9. The molecule has 1 heterocycles. The van der Waals surface area contributed by atoms with Crippen LogP contribution in [0.25, 0.3) is 0 Å². The van der Waals surface area contributed by atoms with Gasteiger partial charge in [-0.1, -0.05) is 24.3 Å². The summed E-state index contributed by atoms with van der Waals surface area (Å²) < 4.78 is 18.9. The average molecular weight is 367 g/mol. The number of hydrogen-bond acceptors (Lipinski definition) is 5. The molecular weight excluding hydrogens is 353 g/mol. The fourth-order valence-corrected chi connectivity index (χ4v) is 2.39. The van der Waals surface area contributed by atoms with Gasteiger partial charge in [-0.2, -0.15) is 0 Å². The lowest BCUT2D eigenvalue weighted by Crippen LogP contribution is -2.24. The molecule has 1 amide bonds. The van der Waals surface area contributed by atoms with Crippen LogP contribution in [0.1, 0.15) is 15.9 Å². The van der Waals surface area contributed by atoms with Gasteiger partial charge in [0.15, 0.2) is 0 Å². The van der Waals surface area contributed by atoms with Gasteiger partial charge in [0.1, 0.15) is 17.1 Å². The second-order valence-corrected chi connectivity index (χ2v) is 5.48. The third-order valence-corrected chi connectivity index (χ3v) is 3.65. The zero-order chi connectivity index (χ0) is 19.2. The molecule has 0 radical (unpaired) electrons. The molecule has 0 aliphatic rings. The minimum Gasteiger partial charge on any atom is -0.439 e. The Balaban J connectivity index is 1.75. The van der Waals surface area contributed by atoms with Crippen LogP contribution in [0, 0.1) is 15.9 Å². The van der Waals surface area contributed by atoms with Crippen molar-refractivity contribution in [1.29, 1.82) is 0 Å². The average Bonchev–Trinajstić information content (AvgIpc) is 2.67. The van der Waals surface area contributed by atoms with Crippen LogP contribution in [-0.2, 0) is 6.54 Å². The molecule has 0 atom stereocenters. The normalized spacial score (nSPS) is 10.3. The van der Waals surface area contributed by atoms with Crippen molar-refractivity contribution in [3.8, 4) is 11.6 Å². The van der Waals surface area contributed by atoms with Gasteiger partial charge < -0.3 is 10.1 Å². The molecule has 1 N–H and O–H groups in total. The number of amides is 1. The lowest BCUT2D eigenvalue weighted by atomic mass is 10.1. The molecular formula is C19H14FN3O4. The maximum atomic E-state index is 13.3. The first kappa shape index (κ1) is 18.0. The Morgan fingerprint density at radius 3 is 2.74 bits per heavy atom. The fourth-order valence-electron chi connectivity index (χ4n) is 2.39. The van der Waals surface area contributed by atoms with Crippen LogP contribution < -0.4 is 10.1 Å². The summed E-state index contributed by atoms with van der Waals surface area (Å²) >= 11 is 0. The van der Waals surface area contributed by atoms with E-state index in [0.717, 1.165) is 0 Å². The molecule has 0 saturated heterocycles. The first-order valence-electron chi connectivity index (χ1n) is 7.93. The van der Waals surface area contributed by atoms with Gasteiger partial charge in [0.2, 0.25) is 5.88 Å². The number of halogens is 1. The van der Waals surface area contributed by atoms with Crippen molar-refractivity contribution in [2.45, 2.75) is 6.54 Å². The van der Waals surface area contributed by atoms with Gasteiger partial charge in [0.05, 0.1) is 4.92 Å². The van der Waals surface area contributed by atoms with Crippen molar-refractivity contribution in [3.63, 3.8) is 0 Å². The summed E-state index contributed by atoms with van der Waals surface area (Å²) in [5.41, 5.74) is 0.213. The summed E-state index contributed by atoms with van der Waals surface area (Å²) in [6.07, 6.45) is 1.50. The topological polar surface area (TPSA) is 94.4 Å². The standard InChI is InChI=1S/C19H14FN3O4/c20-14-6-3-7-15(11-14)27-19-13(5-4-10-21-19)12-22-18(24)16-8-1-2-9-17(16)23(25)26/h1-11H,12H2,(H,22,24). The Morgan fingerprint density at radius 2 is 1.96 bits per heavy atom. The third-order valence-electron chi connectivity index (χ3n) is 3.65. The first-order valence-corrected chi connectivity index (χ1v) is 7.93. The zero-order valence-corrected chi connectivity index (χ0v) is 14.0. The van der Waals surface area contributed by atoms with Crippen LogP contribution in [0.4, 0.5) is 10.1 Å². The minimum absolute atomic E-state index is 0.0311. The molecule has 27 heavy (non-hydrogen) atoms. The van der Waals surface area contributed by atoms with Crippen molar-refractivity contribution in [1.82, 2.24) is 10.3 Å². The van der Waals surface area contributed by atoms with Crippen LogP contribution in [0.3, 0.4) is 0 Å². The highest BCUT2D eigenvalue weighted by atomic mass is 19.1. The van der Waals surface area contributed by atoms with Crippen LogP contribution in [0.2, 0.25) is 0 Å². The highest BCUT2D eigenvalue weighted by Gasteiger charge is 2.19. The maximum Gasteiger partial charge on any atom is 0.282 e. The zero-order valence-electron chi connectivity index (χ0n) is 14.0. The highest BCUT2D eigenvalue weighted by molar-refractivity contribution is 5.98. The van der Waals surface area contributed by atoms with Crippen molar-refractivity contribution in [2.24, 2.45) is 0 Å².